The van der Waals surface area contributed by atoms with E-state index in [1.54, 1.807) is 48.5 Å². The highest BCUT2D eigenvalue weighted by atomic mass is 35.5. The van der Waals surface area contributed by atoms with Gasteiger partial charge < -0.3 is 25.3 Å². The Bertz CT molecular complexity index is 1110. The lowest BCUT2D eigenvalue weighted by Gasteiger charge is -2.20. The van der Waals surface area contributed by atoms with Crippen LogP contribution < -0.4 is 25.3 Å². The maximum Gasteiger partial charge on any atom is 0.270 e. The Morgan fingerprint density at radius 1 is 0.969 bits per heavy atom. The van der Waals surface area contributed by atoms with E-state index in [0.29, 0.717) is 27.0 Å². The molecule has 2 amide bonds. The summed E-state index contributed by atoms with van der Waals surface area (Å²) in [5.41, 5.74) is 6.15. The Morgan fingerprint density at radius 3 is 2.41 bits per heavy atom. The summed E-state index contributed by atoms with van der Waals surface area (Å²) in [6.45, 7) is -0.337. The first kappa shape index (κ1) is 23.2. The van der Waals surface area contributed by atoms with Gasteiger partial charge in [-0.15, -0.1) is 0 Å². The molecule has 9 heteroatoms. The summed E-state index contributed by atoms with van der Waals surface area (Å²) >= 11 is 12.3. The maximum absolute atomic E-state index is 13.2. The van der Waals surface area contributed by atoms with Crippen molar-refractivity contribution in [2.45, 2.75) is 6.10 Å². The molecule has 3 aromatic rings. The number of carbonyl (C=O) groups excluding carboxylic acids is 2. The first-order chi connectivity index (χ1) is 15.4. The van der Waals surface area contributed by atoms with Crippen LogP contribution in [0.5, 0.6) is 17.2 Å². The molecule has 0 bridgehead atoms. The number of ether oxygens (including phenoxy) is 3. The van der Waals surface area contributed by atoms with Crippen LogP contribution in [0, 0.1) is 0 Å². The van der Waals surface area contributed by atoms with Crippen molar-refractivity contribution in [3.8, 4) is 17.2 Å². The molecule has 32 heavy (non-hydrogen) atoms. The molecular weight excluding hydrogens is 455 g/mol. The molecule has 1 atom stereocenters. The molecule has 0 aliphatic rings. The SMILES string of the molecule is COc1ccc(NC(=O)C(Oc2cc(Cl)ccc2Cl)c2ccccc2)cc1OCC(N)=O. The van der Waals surface area contributed by atoms with E-state index in [2.05, 4.69) is 5.32 Å². The number of nitrogens with one attached hydrogen (secondary N) is 1. The molecule has 0 fully saturated rings. The molecule has 166 valence electrons. The minimum Gasteiger partial charge on any atom is -0.493 e. The van der Waals surface area contributed by atoms with Crippen LogP contribution in [0.25, 0.3) is 0 Å². The molecular formula is C23H20Cl2N2O5. The summed E-state index contributed by atoms with van der Waals surface area (Å²) in [6, 6.07) is 18.4. The highest BCUT2D eigenvalue weighted by Crippen LogP contribution is 2.34. The van der Waals surface area contributed by atoms with E-state index in [9.17, 15) is 9.59 Å². The zero-order chi connectivity index (χ0) is 23.1. The predicted molar refractivity (Wildman–Crippen MR) is 123 cm³/mol. The minimum atomic E-state index is -1.02. The maximum atomic E-state index is 13.2. The van der Waals surface area contributed by atoms with Gasteiger partial charge in [0.05, 0.1) is 12.1 Å². The van der Waals surface area contributed by atoms with Crippen LogP contribution in [0.2, 0.25) is 10.0 Å². The van der Waals surface area contributed by atoms with Crippen LogP contribution in [0.4, 0.5) is 5.69 Å². The molecule has 0 aliphatic carbocycles. The number of nitrogens with two attached hydrogens (primary N) is 1. The van der Waals surface area contributed by atoms with Crippen LogP contribution in [-0.4, -0.2) is 25.5 Å². The molecule has 3 N–H and O–H groups in total. The van der Waals surface area contributed by atoms with Gasteiger partial charge in [-0.05, 0) is 24.3 Å². The van der Waals surface area contributed by atoms with Gasteiger partial charge in [-0.1, -0.05) is 53.5 Å². The van der Waals surface area contributed by atoms with Gasteiger partial charge in [-0.25, -0.2) is 0 Å². The van der Waals surface area contributed by atoms with Crippen molar-refractivity contribution in [2.75, 3.05) is 19.0 Å². The van der Waals surface area contributed by atoms with E-state index in [1.807, 2.05) is 6.07 Å². The van der Waals surface area contributed by atoms with Crippen LogP contribution in [-0.2, 0) is 9.59 Å². The topological polar surface area (TPSA) is 99.9 Å². The minimum absolute atomic E-state index is 0.249. The van der Waals surface area contributed by atoms with Gasteiger partial charge in [0.1, 0.15) is 5.75 Å². The van der Waals surface area contributed by atoms with Crippen molar-refractivity contribution in [3.05, 3.63) is 82.3 Å². The molecule has 3 aromatic carbocycles. The van der Waals surface area contributed by atoms with E-state index in [1.165, 1.54) is 19.2 Å². The Labute approximate surface area is 195 Å². The summed E-state index contributed by atoms with van der Waals surface area (Å²) in [7, 11) is 1.46. The number of methoxy groups -OCH3 is 1. The highest BCUT2D eigenvalue weighted by Gasteiger charge is 2.24. The number of benzene rings is 3. The van der Waals surface area contributed by atoms with Gasteiger partial charge in [0.2, 0.25) is 6.10 Å². The lowest BCUT2D eigenvalue weighted by molar-refractivity contribution is -0.123. The standard InChI is InChI=1S/C23H20Cl2N2O5/c1-30-18-10-8-16(12-20(18)31-13-21(26)28)27-23(29)22(14-5-3-2-4-6-14)32-19-11-15(24)7-9-17(19)25/h2-12,22H,13H2,1H3,(H2,26,28)(H,27,29). The zero-order valence-electron chi connectivity index (χ0n) is 17.0. The van der Waals surface area contributed by atoms with Gasteiger partial charge in [0.15, 0.2) is 18.1 Å². The van der Waals surface area contributed by atoms with E-state index in [4.69, 9.17) is 43.1 Å². The average Bonchev–Trinajstić information content (AvgIpc) is 2.78. The van der Waals surface area contributed by atoms with Gasteiger partial charge in [-0.2, -0.15) is 0 Å². The van der Waals surface area contributed by atoms with Crippen molar-refractivity contribution in [1.29, 1.82) is 0 Å². The van der Waals surface area contributed by atoms with Crippen molar-refractivity contribution in [1.82, 2.24) is 0 Å². The Hall–Kier alpha value is -3.42. The number of anilines is 1. The van der Waals surface area contributed by atoms with Gasteiger partial charge in [-0.3, -0.25) is 9.59 Å². The number of primary amides is 1. The Balaban J connectivity index is 1.88. The average molecular weight is 475 g/mol. The summed E-state index contributed by atoms with van der Waals surface area (Å²) in [5, 5.41) is 3.52. The summed E-state index contributed by atoms with van der Waals surface area (Å²) in [5.74, 6) is -0.205. The fourth-order valence-corrected chi connectivity index (χ4v) is 3.14. The van der Waals surface area contributed by atoms with E-state index in [0.717, 1.165) is 0 Å². The molecule has 7 nitrogen and oxygen atoms in total. The van der Waals surface area contributed by atoms with Crippen LogP contribution in [0.1, 0.15) is 11.7 Å². The third-order valence-electron chi connectivity index (χ3n) is 4.28. The fraction of sp³-hybridized carbons (Fsp3) is 0.130. The lowest BCUT2D eigenvalue weighted by atomic mass is 10.1. The van der Waals surface area contributed by atoms with Crippen LogP contribution >= 0.6 is 23.2 Å². The third kappa shape index (κ3) is 6.06. The van der Waals surface area contributed by atoms with E-state index in [-0.39, 0.29) is 18.1 Å². The third-order valence-corrected chi connectivity index (χ3v) is 4.83. The zero-order valence-corrected chi connectivity index (χ0v) is 18.5. The van der Waals surface area contributed by atoms with E-state index < -0.39 is 17.9 Å². The molecule has 0 aromatic heterocycles. The van der Waals surface area contributed by atoms with Gasteiger partial charge in [0.25, 0.3) is 11.8 Å². The number of rotatable bonds is 9. The lowest BCUT2D eigenvalue weighted by Crippen LogP contribution is -2.26. The first-order valence-corrected chi connectivity index (χ1v) is 10.2. The van der Waals surface area contributed by atoms with E-state index >= 15 is 0 Å². The Morgan fingerprint density at radius 2 is 1.72 bits per heavy atom. The van der Waals surface area contributed by atoms with Crippen molar-refractivity contribution in [2.24, 2.45) is 5.73 Å². The first-order valence-electron chi connectivity index (χ1n) is 9.44. The molecule has 0 heterocycles. The number of hydrogen-bond donors (Lipinski definition) is 2. The second-order valence-electron chi connectivity index (χ2n) is 6.59. The molecule has 1 unspecified atom stereocenters. The van der Waals surface area contributed by atoms with Crippen molar-refractivity contribution >= 4 is 40.7 Å². The number of halogens is 2. The molecule has 0 saturated carbocycles. The predicted octanol–water partition coefficient (Wildman–Crippen LogP) is 4.62. The van der Waals surface area contributed by atoms with Crippen LogP contribution in [0.15, 0.2) is 66.7 Å². The summed E-state index contributed by atoms with van der Waals surface area (Å²) in [4.78, 5) is 24.2. The summed E-state index contributed by atoms with van der Waals surface area (Å²) < 4.78 is 16.5. The van der Waals surface area contributed by atoms with Crippen LogP contribution in [0.3, 0.4) is 0 Å². The second-order valence-corrected chi connectivity index (χ2v) is 7.44. The quantitative estimate of drug-likeness (QED) is 0.470. The van der Waals surface area contributed by atoms with Crippen molar-refractivity contribution in [3.63, 3.8) is 0 Å². The smallest absolute Gasteiger partial charge is 0.270 e. The number of hydrogen-bond acceptors (Lipinski definition) is 5. The molecule has 0 spiro atoms. The highest BCUT2D eigenvalue weighted by molar-refractivity contribution is 6.34. The fourth-order valence-electron chi connectivity index (χ4n) is 2.82. The largest absolute Gasteiger partial charge is 0.493 e. The number of carbonyl (C=O) groups is 2. The second kappa shape index (κ2) is 10.7. The monoisotopic (exact) mass is 474 g/mol. The molecule has 0 radical (unpaired) electrons. The normalized spacial score (nSPS) is 11.3. The number of amides is 2. The van der Waals surface area contributed by atoms with Gasteiger partial charge in [0, 0.05) is 28.4 Å². The molecule has 0 aliphatic heterocycles. The van der Waals surface area contributed by atoms with Gasteiger partial charge >= 0.3 is 0 Å². The summed E-state index contributed by atoms with van der Waals surface area (Å²) in [6.07, 6.45) is -1.02. The molecule has 0 saturated heterocycles. The Kier molecular flexibility index (Phi) is 7.81. The molecule has 3 rings (SSSR count). The van der Waals surface area contributed by atoms with Crippen molar-refractivity contribution < 1.29 is 23.8 Å².